The van der Waals surface area contributed by atoms with Gasteiger partial charge >= 0.3 is 5.97 Å². The Balaban J connectivity index is 1.67. The number of likely N-dealkylation sites (tertiary alicyclic amines) is 1. The van der Waals surface area contributed by atoms with Gasteiger partial charge in [0.2, 0.25) is 0 Å². The third-order valence-corrected chi connectivity index (χ3v) is 6.70. The van der Waals surface area contributed by atoms with Crippen LogP contribution in [0.5, 0.6) is 0 Å². The lowest BCUT2D eigenvalue weighted by Crippen LogP contribution is -2.34. The molecule has 4 N–H and O–H groups in total. The molecule has 1 fully saturated rings. The number of ether oxygens (including phenoxy) is 1. The van der Waals surface area contributed by atoms with Gasteiger partial charge in [-0.05, 0) is 69.4 Å². The number of aliphatic hydroxyl groups excluding tert-OH is 1. The zero-order chi connectivity index (χ0) is 23.2. The Morgan fingerprint density at radius 2 is 2.03 bits per heavy atom. The van der Waals surface area contributed by atoms with E-state index in [9.17, 15) is 9.90 Å². The van der Waals surface area contributed by atoms with Crippen molar-refractivity contribution in [1.29, 1.82) is 0 Å². The monoisotopic (exact) mass is 468 g/mol. The van der Waals surface area contributed by atoms with Crippen LogP contribution in [0.3, 0.4) is 0 Å². The molecule has 8 heteroatoms. The number of aliphatic hydroxyl groups is 1. The minimum Gasteiger partial charge on any atom is -0.507 e. The van der Waals surface area contributed by atoms with Gasteiger partial charge in [0.25, 0.3) is 0 Å². The van der Waals surface area contributed by atoms with Gasteiger partial charge in [0.15, 0.2) is 5.11 Å². The van der Waals surface area contributed by atoms with Crippen molar-refractivity contribution >= 4 is 29.0 Å². The van der Waals surface area contributed by atoms with Gasteiger partial charge in [-0.25, -0.2) is 4.79 Å². The van der Waals surface area contributed by atoms with E-state index in [-0.39, 0.29) is 17.0 Å². The normalized spacial score (nSPS) is 22.4. The van der Waals surface area contributed by atoms with E-state index in [4.69, 9.17) is 22.7 Å². The van der Waals surface area contributed by atoms with Crippen molar-refractivity contribution in [1.82, 2.24) is 10.3 Å². The fraction of sp³-hybridized carbons (Fsp3) is 0.480. The van der Waals surface area contributed by atoms with Crippen LogP contribution in [0.25, 0.3) is 0 Å². The van der Waals surface area contributed by atoms with E-state index >= 15 is 0 Å². The Labute approximate surface area is 200 Å². The molecular weight excluding hydrogens is 436 g/mol. The van der Waals surface area contributed by atoms with E-state index in [0.717, 1.165) is 55.7 Å². The van der Waals surface area contributed by atoms with Crippen LogP contribution in [0, 0.1) is 0 Å². The van der Waals surface area contributed by atoms with Gasteiger partial charge in [0.1, 0.15) is 11.9 Å². The second-order valence-electron chi connectivity index (χ2n) is 8.87. The van der Waals surface area contributed by atoms with E-state index < -0.39 is 11.9 Å². The molecule has 2 heterocycles. The van der Waals surface area contributed by atoms with Crippen LogP contribution >= 0.6 is 12.2 Å². The molecule has 7 nitrogen and oxygen atoms in total. The number of allylic oxidation sites excluding steroid dienone is 1. The van der Waals surface area contributed by atoms with Gasteiger partial charge in [0, 0.05) is 30.2 Å². The smallest absolute Gasteiger partial charge is 0.339 e. The third-order valence-electron chi connectivity index (χ3n) is 6.61. The molecule has 0 amide bonds. The number of carbonyl (C=O) groups is 1. The van der Waals surface area contributed by atoms with Crippen molar-refractivity contribution in [2.45, 2.75) is 57.0 Å². The molecule has 0 aromatic heterocycles. The Morgan fingerprint density at radius 3 is 2.76 bits per heavy atom. The summed E-state index contributed by atoms with van der Waals surface area (Å²) in [6.45, 7) is 3.06. The Morgan fingerprint density at radius 1 is 1.27 bits per heavy atom. The molecule has 1 aliphatic carbocycles. The molecule has 1 aromatic rings. The van der Waals surface area contributed by atoms with E-state index in [1.54, 1.807) is 0 Å². The number of fused-ring (bicyclic) bond motifs is 1. The maximum atomic E-state index is 13.1. The van der Waals surface area contributed by atoms with E-state index in [0.29, 0.717) is 18.4 Å². The number of hydrogen-bond donors (Lipinski definition) is 3. The van der Waals surface area contributed by atoms with Gasteiger partial charge in [-0.15, -0.1) is 0 Å². The summed E-state index contributed by atoms with van der Waals surface area (Å²) < 4.78 is 5.77. The molecule has 4 rings (SSSR count). The molecule has 2 atom stereocenters. The van der Waals surface area contributed by atoms with Crippen molar-refractivity contribution < 1.29 is 14.6 Å². The summed E-state index contributed by atoms with van der Waals surface area (Å²) in [7, 11) is 0. The third kappa shape index (κ3) is 5.81. The van der Waals surface area contributed by atoms with Crippen molar-refractivity contribution in [3.05, 3.63) is 58.9 Å². The lowest BCUT2D eigenvalue weighted by atomic mass is 9.81. The minimum atomic E-state index is -0.452. The lowest BCUT2D eigenvalue weighted by molar-refractivity contribution is -0.145. The summed E-state index contributed by atoms with van der Waals surface area (Å²) in [6.07, 6.45) is 7.79. The summed E-state index contributed by atoms with van der Waals surface area (Å²) in [5.41, 5.74) is 11.2. The summed E-state index contributed by atoms with van der Waals surface area (Å²) in [4.78, 5) is 15.5. The van der Waals surface area contributed by atoms with Crippen LogP contribution in [-0.2, 0) is 9.53 Å². The number of nitrogens with zero attached hydrogens (tertiary/aromatic N) is 2. The summed E-state index contributed by atoms with van der Waals surface area (Å²) in [6, 6.07) is 9.75. The maximum absolute atomic E-state index is 13.1. The molecule has 2 aliphatic heterocycles. The van der Waals surface area contributed by atoms with Gasteiger partial charge in [-0.1, -0.05) is 36.4 Å². The first-order chi connectivity index (χ1) is 16.0. The van der Waals surface area contributed by atoms with E-state index in [1.165, 1.54) is 12.8 Å². The largest absolute Gasteiger partial charge is 0.507 e. The molecule has 1 aromatic carbocycles. The molecule has 0 unspecified atom stereocenters. The number of rotatable bonds is 8. The van der Waals surface area contributed by atoms with Gasteiger partial charge in [-0.3, -0.25) is 5.43 Å². The van der Waals surface area contributed by atoms with Crippen LogP contribution in [0.15, 0.2) is 58.4 Å². The highest BCUT2D eigenvalue weighted by atomic mass is 32.1. The van der Waals surface area contributed by atoms with E-state index in [2.05, 4.69) is 15.4 Å². The number of nitrogens with one attached hydrogen (secondary N) is 1. The number of esters is 1. The highest BCUT2D eigenvalue weighted by molar-refractivity contribution is 7.80. The SMILES string of the molecule is NC(=S)N/N=C(/CCN1CCCC1)C[C@H](C1=C(O)C2=CCCC[C@@H]2OC1=O)c1ccccc1. The molecule has 0 saturated carbocycles. The first-order valence-corrected chi connectivity index (χ1v) is 12.2. The average molecular weight is 469 g/mol. The molecular formula is C25H32N4O3S. The average Bonchev–Trinajstić information content (AvgIpc) is 3.34. The Hall–Kier alpha value is -2.71. The maximum Gasteiger partial charge on any atom is 0.339 e. The molecule has 0 spiro atoms. The van der Waals surface area contributed by atoms with E-state index in [1.807, 2.05) is 36.4 Å². The predicted octanol–water partition coefficient (Wildman–Crippen LogP) is 3.68. The van der Waals surface area contributed by atoms with Gasteiger partial charge < -0.3 is 20.5 Å². The summed E-state index contributed by atoms with van der Waals surface area (Å²) >= 11 is 4.96. The molecule has 3 aliphatic rings. The predicted molar refractivity (Wildman–Crippen MR) is 133 cm³/mol. The lowest BCUT2D eigenvalue weighted by Gasteiger charge is -2.32. The molecule has 176 valence electrons. The van der Waals surface area contributed by atoms with Gasteiger partial charge in [0.05, 0.1) is 5.57 Å². The van der Waals surface area contributed by atoms with Crippen molar-refractivity contribution in [2.75, 3.05) is 19.6 Å². The fourth-order valence-corrected chi connectivity index (χ4v) is 4.96. The van der Waals surface area contributed by atoms with Crippen LogP contribution in [0.2, 0.25) is 0 Å². The Bertz CT molecular complexity index is 967. The number of nitrogens with two attached hydrogens (primary N) is 1. The highest BCUT2D eigenvalue weighted by Gasteiger charge is 2.39. The van der Waals surface area contributed by atoms with Crippen LogP contribution in [0.4, 0.5) is 0 Å². The van der Waals surface area contributed by atoms with Crippen molar-refractivity contribution in [2.24, 2.45) is 10.8 Å². The molecule has 0 radical (unpaired) electrons. The minimum absolute atomic E-state index is 0.0611. The zero-order valence-corrected chi connectivity index (χ0v) is 19.7. The fourth-order valence-electron chi connectivity index (χ4n) is 4.91. The van der Waals surface area contributed by atoms with Crippen LogP contribution in [-0.4, -0.2) is 52.5 Å². The first kappa shape index (κ1) is 23.4. The zero-order valence-electron chi connectivity index (χ0n) is 18.8. The molecule has 33 heavy (non-hydrogen) atoms. The highest BCUT2D eigenvalue weighted by Crippen LogP contribution is 2.40. The second-order valence-corrected chi connectivity index (χ2v) is 9.31. The summed E-state index contributed by atoms with van der Waals surface area (Å²) in [5.74, 6) is -0.787. The van der Waals surface area contributed by atoms with Crippen LogP contribution in [0.1, 0.15) is 56.4 Å². The summed E-state index contributed by atoms with van der Waals surface area (Å²) in [5, 5.41) is 15.8. The number of thiocarbonyl (C=S) groups is 1. The number of hydrazone groups is 1. The molecule has 0 bridgehead atoms. The molecule has 1 saturated heterocycles. The van der Waals surface area contributed by atoms with Crippen molar-refractivity contribution in [3.8, 4) is 0 Å². The van der Waals surface area contributed by atoms with Gasteiger partial charge in [-0.2, -0.15) is 5.10 Å². The second kappa shape index (κ2) is 10.9. The van der Waals surface area contributed by atoms with Crippen LogP contribution < -0.4 is 11.2 Å². The first-order valence-electron chi connectivity index (χ1n) is 11.8. The quantitative estimate of drug-likeness (QED) is 0.232. The number of hydrogen-bond acceptors (Lipinski definition) is 6. The Kier molecular flexibility index (Phi) is 7.77. The number of carbonyl (C=O) groups excluding carboxylic acids is 1. The topological polar surface area (TPSA) is 100 Å². The number of benzene rings is 1. The standard InChI is InChI=1S/C25H32N4O3S/c26-25(33)28-27-18(12-15-29-13-6-7-14-29)16-20(17-8-2-1-3-9-17)22-23(30)19-10-4-5-11-21(19)32-24(22)31/h1-3,8-10,20-21,30H,4-7,11-16H2,(H3,26,28,33)/b27-18-/t20-,21-/m0/s1. The van der Waals surface area contributed by atoms with Crippen molar-refractivity contribution in [3.63, 3.8) is 0 Å².